The third kappa shape index (κ3) is 5.38. The van der Waals surface area contributed by atoms with Gasteiger partial charge in [-0.3, -0.25) is 9.80 Å². The zero-order valence-corrected chi connectivity index (χ0v) is 18.6. The van der Waals surface area contributed by atoms with E-state index in [-0.39, 0.29) is 17.8 Å². The van der Waals surface area contributed by atoms with E-state index >= 15 is 0 Å². The summed E-state index contributed by atoms with van der Waals surface area (Å²) < 4.78 is 49.7. The van der Waals surface area contributed by atoms with E-state index in [1.165, 1.54) is 12.1 Å². The van der Waals surface area contributed by atoms with E-state index in [0.717, 1.165) is 42.3 Å². The van der Waals surface area contributed by atoms with Gasteiger partial charge in [0.1, 0.15) is 0 Å². The number of hydrogen-bond donors (Lipinski definition) is 1. The molecular weight excluding hydrogens is 445 g/mol. The second kappa shape index (κ2) is 9.98. The molecule has 2 aliphatic rings. The number of aromatic nitrogens is 2. The van der Waals surface area contributed by atoms with Crippen molar-refractivity contribution in [2.24, 2.45) is 0 Å². The molecule has 0 saturated carbocycles. The van der Waals surface area contributed by atoms with Crippen LogP contribution in [-0.2, 0) is 6.18 Å². The lowest BCUT2D eigenvalue weighted by Crippen LogP contribution is -2.55. The molecule has 0 radical (unpaired) electrons. The first kappa shape index (κ1) is 23.3. The van der Waals surface area contributed by atoms with E-state index in [1.54, 1.807) is 0 Å². The van der Waals surface area contributed by atoms with Gasteiger partial charge in [-0.25, -0.2) is 0 Å². The molecule has 3 atom stereocenters. The van der Waals surface area contributed by atoms with Crippen LogP contribution in [-0.4, -0.2) is 75.7 Å². The van der Waals surface area contributed by atoms with Crippen LogP contribution in [0.4, 0.5) is 13.2 Å². The summed E-state index contributed by atoms with van der Waals surface area (Å²) in [5.74, 6) is 2.06. The topological polar surface area (TPSA) is 74.9 Å². The lowest BCUT2D eigenvalue weighted by atomic mass is 9.84. The van der Waals surface area contributed by atoms with E-state index in [0.29, 0.717) is 32.0 Å². The fraction of sp³-hybridized carbons (Fsp3) is 0.619. The first-order valence-electron chi connectivity index (χ1n) is 10.7. The Kier molecular flexibility index (Phi) is 7.28. The number of alkyl halides is 3. The van der Waals surface area contributed by atoms with Crippen molar-refractivity contribution in [1.82, 2.24) is 19.9 Å². The zero-order chi connectivity index (χ0) is 22.7. The minimum absolute atomic E-state index is 0.0905. The molecule has 0 bridgehead atoms. The molecule has 2 aliphatic heterocycles. The number of nitrogens with zero attached hydrogens (tertiary/aromatic N) is 4. The van der Waals surface area contributed by atoms with E-state index in [2.05, 4.69) is 10.1 Å². The van der Waals surface area contributed by atoms with Gasteiger partial charge in [-0.1, -0.05) is 12.1 Å². The van der Waals surface area contributed by atoms with Gasteiger partial charge in [0.15, 0.2) is 6.35 Å². The minimum atomic E-state index is -4.37. The molecule has 1 aromatic carbocycles. The molecule has 32 heavy (non-hydrogen) atoms. The Balaban J connectivity index is 1.57. The summed E-state index contributed by atoms with van der Waals surface area (Å²) in [5, 5.41) is 14.9. The molecule has 11 heteroatoms. The lowest BCUT2D eigenvalue weighted by molar-refractivity contribution is -0.137. The Bertz CT molecular complexity index is 874. The van der Waals surface area contributed by atoms with Gasteiger partial charge in [0.2, 0.25) is 5.89 Å². The Morgan fingerprint density at radius 1 is 1.16 bits per heavy atom. The second-order valence-electron chi connectivity index (χ2n) is 8.05. The Morgan fingerprint density at radius 3 is 2.50 bits per heavy atom. The molecule has 0 spiro atoms. The number of aliphatic hydroxyl groups excluding tert-OH is 1. The summed E-state index contributed by atoms with van der Waals surface area (Å²) in [4.78, 5) is 8.32. The van der Waals surface area contributed by atoms with Crippen molar-refractivity contribution >= 4 is 11.8 Å². The monoisotopic (exact) mass is 472 g/mol. The summed E-state index contributed by atoms with van der Waals surface area (Å²) in [7, 11) is 0. The van der Waals surface area contributed by atoms with Gasteiger partial charge in [-0.15, -0.1) is 0 Å². The van der Waals surface area contributed by atoms with Crippen LogP contribution >= 0.6 is 11.8 Å². The van der Waals surface area contributed by atoms with Crippen molar-refractivity contribution in [2.75, 3.05) is 44.3 Å². The normalized spacial score (nSPS) is 24.4. The van der Waals surface area contributed by atoms with Crippen molar-refractivity contribution in [1.29, 1.82) is 0 Å². The third-order valence-electron chi connectivity index (χ3n) is 5.93. The van der Waals surface area contributed by atoms with Crippen LogP contribution in [0.2, 0.25) is 0 Å². The van der Waals surface area contributed by atoms with Gasteiger partial charge >= 0.3 is 12.2 Å². The predicted octanol–water partition coefficient (Wildman–Crippen LogP) is 3.38. The molecule has 176 valence electrons. The molecule has 3 heterocycles. The summed E-state index contributed by atoms with van der Waals surface area (Å²) in [5.41, 5.74) is 0.119. The SMILES string of the molecule is CCOc1noc(C2CC(c3ccc(C(F)(F)F)cc3)CN(C(O)N3CCSCC3)C2)n1. The molecule has 2 saturated heterocycles. The molecule has 1 N–H and O–H groups in total. The number of thioether (sulfide) groups is 1. The average Bonchev–Trinajstić information content (AvgIpc) is 3.27. The largest absolute Gasteiger partial charge is 0.462 e. The van der Waals surface area contributed by atoms with E-state index in [1.807, 2.05) is 28.5 Å². The molecule has 0 amide bonds. The zero-order valence-electron chi connectivity index (χ0n) is 17.8. The predicted molar refractivity (Wildman–Crippen MR) is 113 cm³/mol. The van der Waals surface area contributed by atoms with Crippen molar-refractivity contribution in [3.05, 3.63) is 41.3 Å². The number of likely N-dealkylation sites (tertiary alicyclic amines) is 1. The Labute approximate surface area is 188 Å². The number of rotatable bonds is 6. The van der Waals surface area contributed by atoms with Gasteiger partial charge in [-0.2, -0.15) is 29.9 Å². The highest BCUT2D eigenvalue weighted by Crippen LogP contribution is 2.38. The molecule has 1 aromatic heterocycles. The average molecular weight is 473 g/mol. The highest BCUT2D eigenvalue weighted by atomic mass is 32.2. The summed E-state index contributed by atoms with van der Waals surface area (Å²) in [6.07, 6.45) is -4.52. The van der Waals surface area contributed by atoms with Gasteiger partial charge in [0.05, 0.1) is 18.1 Å². The van der Waals surface area contributed by atoms with Crippen molar-refractivity contribution in [2.45, 2.75) is 37.7 Å². The maximum Gasteiger partial charge on any atom is 0.416 e. The van der Waals surface area contributed by atoms with Crippen LogP contribution in [0.25, 0.3) is 0 Å². The highest BCUT2D eigenvalue weighted by molar-refractivity contribution is 7.99. The Hall–Kier alpha value is -1.82. The Morgan fingerprint density at radius 2 is 1.84 bits per heavy atom. The molecular formula is C21H27F3N4O3S. The van der Waals surface area contributed by atoms with Crippen LogP contribution in [0.5, 0.6) is 6.01 Å². The van der Waals surface area contributed by atoms with E-state index in [4.69, 9.17) is 9.26 Å². The fourth-order valence-electron chi connectivity index (χ4n) is 4.30. The molecule has 0 aliphatic carbocycles. The molecule has 2 aromatic rings. The first-order valence-corrected chi connectivity index (χ1v) is 11.9. The van der Waals surface area contributed by atoms with Gasteiger partial charge in [0, 0.05) is 37.7 Å². The molecule has 2 fully saturated rings. The third-order valence-corrected chi connectivity index (χ3v) is 6.88. The van der Waals surface area contributed by atoms with Gasteiger partial charge in [-0.05, 0) is 42.1 Å². The number of benzene rings is 1. The van der Waals surface area contributed by atoms with E-state index < -0.39 is 18.1 Å². The van der Waals surface area contributed by atoms with Crippen molar-refractivity contribution in [3.8, 4) is 6.01 Å². The molecule has 4 rings (SSSR count). The second-order valence-corrected chi connectivity index (χ2v) is 9.27. The number of halogens is 3. The fourth-order valence-corrected chi connectivity index (χ4v) is 5.23. The van der Waals surface area contributed by atoms with Gasteiger partial charge < -0.3 is 14.4 Å². The first-order chi connectivity index (χ1) is 15.3. The number of aliphatic hydroxyl groups is 1. The van der Waals surface area contributed by atoms with Crippen LogP contribution in [0.3, 0.4) is 0 Å². The van der Waals surface area contributed by atoms with Crippen molar-refractivity contribution in [3.63, 3.8) is 0 Å². The summed E-state index contributed by atoms with van der Waals surface area (Å²) >= 11 is 1.86. The summed E-state index contributed by atoms with van der Waals surface area (Å²) in [6.45, 7) is 4.84. The minimum Gasteiger partial charge on any atom is -0.462 e. The van der Waals surface area contributed by atoms with Gasteiger partial charge in [0.25, 0.3) is 0 Å². The molecule has 7 nitrogen and oxygen atoms in total. The standard InChI is InChI=1S/C21H27F3N4O3S/c1-2-30-19-25-18(31-26-19)16-11-15(14-3-5-17(6-4-14)21(22,23)24)12-28(13-16)20(29)27-7-9-32-10-8-27/h3-6,15-16,20,29H,2,7-13H2,1H3. The van der Waals surface area contributed by atoms with Crippen LogP contribution in [0.15, 0.2) is 28.8 Å². The lowest BCUT2D eigenvalue weighted by Gasteiger charge is -2.43. The smallest absolute Gasteiger partial charge is 0.416 e. The maximum absolute atomic E-state index is 13.0. The molecule has 3 unspecified atom stereocenters. The number of piperidine rings is 1. The summed E-state index contributed by atoms with van der Waals surface area (Å²) in [6, 6.07) is 5.44. The number of hydrogen-bond acceptors (Lipinski definition) is 8. The van der Waals surface area contributed by atoms with Crippen LogP contribution in [0.1, 0.15) is 42.2 Å². The van der Waals surface area contributed by atoms with Crippen LogP contribution in [0, 0.1) is 0 Å². The quantitative estimate of drug-likeness (QED) is 0.686. The van der Waals surface area contributed by atoms with Crippen molar-refractivity contribution < 1.29 is 27.5 Å². The number of ether oxygens (including phenoxy) is 1. The van der Waals surface area contributed by atoms with E-state index in [9.17, 15) is 18.3 Å². The van der Waals surface area contributed by atoms with Crippen LogP contribution < -0.4 is 4.74 Å². The maximum atomic E-state index is 13.0. The highest BCUT2D eigenvalue weighted by Gasteiger charge is 2.37.